The number of carbonyl (C=O) groups is 2. The molecule has 0 aromatic heterocycles. The lowest BCUT2D eigenvalue weighted by atomic mass is 10.2. The van der Waals surface area contributed by atoms with Gasteiger partial charge in [0.2, 0.25) is 0 Å². The summed E-state index contributed by atoms with van der Waals surface area (Å²) in [5.41, 5.74) is -0.212. The number of amides is 2. The number of benzene rings is 1. The van der Waals surface area contributed by atoms with E-state index in [2.05, 4.69) is 5.32 Å². The third-order valence-corrected chi connectivity index (χ3v) is 2.82. The number of hydrogen-bond donors (Lipinski definition) is 2. The number of carbonyl (C=O) groups excluding carboxylic acids is 1. The van der Waals surface area contributed by atoms with Gasteiger partial charge in [0.1, 0.15) is 6.54 Å². The Morgan fingerprint density at radius 3 is 2.48 bits per heavy atom. The summed E-state index contributed by atoms with van der Waals surface area (Å²) < 4.78 is 36.9. The molecule has 5 nitrogen and oxygen atoms in total. The summed E-state index contributed by atoms with van der Waals surface area (Å²) in [7, 11) is 0. The van der Waals surface area contributed by atoms with E-state index < -0.39 is 24.7 Å². The molecule has 0 radical (unpaired) electrons. The van der Waals surface area contributed by atoms with Crippen LogP contribution in [-0.2, 0) is 0 Å². The van der Waals surface area contributed by atoms with Gasteiger partial charge in [-0.25, -0.2) is 9.59 Å². The number of halogens is 4. The van der Waals surface area contributed by atoms with Crippen LogP contribution in [0.1, 0.15) is 17.3 Å². The van der Waals surface area contributed by atoms with Crippen LogP contribution in [0.5, 0.6) is 0 Å². The molecule has 0 spiro atoms. The van der Waals surface area contributed by atoms with Crippen molar-refractivity contribution < 1.29 is 27.9 Å². The average molecular weight is 325 g/mol. The van der Waals surface area contributed by atoms with E-state index >= 15 is 0 Å². The van der Waals surface area contributed by atoms with E-state index in [0.717, 1.165) is 6.07 Å². The van der Waals surface area contributed by atoms with Gasteiger partial charge < -0.3 is 15.3 Å². The maximum Gasteiger partial charge on any atom is 0.406 e. The topological polar surface area (TPSA) is 69.6 Å². The molecule has 0 fully saturated rings. The number of urea groups is 1. The summed E-state index contributed by atoms with van der Waals surface area (Å²) in [6.07, 6.45) is -4.51. The first kappa shape index (κ1) is 17.1. The second-order valence-corrected chi connectivity index (χ2v) is 4.47. The van der Waals surface area contributed by atoms with Crippen LogP contribution >= 0.6 is 11.6 Å². The van der Waals surface area contributed by atoms with E-state index in [1.165, 1.54) is 19.1 Å². The maximum absolute atomic E-state index is 12.3. The van der Waals surface area contributed by atoms with Crippen molar-refractivity contribution in [3.63, 3.8) is 0 Å². The molecule has 1 aromatic carbocycles. The van der Waals surface area contributed by atoms with Crippen LogP contribution in [0.4, 0.5) is 23.7 Å². The Labute approximate surface area is 123 Å². The summed E-state index contributed by atoms with van der Waals surface area (Å²) in [5, 5.41) is 11.0. The van der Waals surface area contributed by atoms with Crippen LogP contribution in [0.2, 0.25) is 5.02 Å². The van der Waals surface area contributed by atoms with Gasteiger partial charge in [0.05, 0.1) is 10.6 Å². The van der Waals surface area contributed by atoms with Gasteiger partial charge in [-0.3, -0.25) is 0 Å². The molecule has 0 atom stereocenters. The lowest BCUT2D eigenvalue weighted by molar-refractivity contribution is -0.139. The molecule has 116 valence electrons. The molecule has 9 heteroatoms. The molecule has 2 N–H and O–H groups in total. The molecule has 21 heavy (non-hydrogen) atoms. The number of carboxylic acids is 1. The Balaban J connectivity index is 2.87. The normalized spacial score (nSPS) is 11.1. The number of anilines is 1. The third kappa shape index (κ3) is 5.14. The Morgan fingerprint density at radius 2 is 2.00 bits per heavy atom. The first-order chi connectivity index (χ1) is 9.64. The van der Waals surface area contributed by atoms with E-state index in [4.69, 9.17) is 16.7 Å². The second kappa shape index (κ2) is 6.66. The summed E-state index contributed by atoms with van der Waals surface area (Å²) in [5.74, 6) is -1.31. The van der Waals surface area contributed by atoms with E-state index in [0.29, 0.717) is 4.90 Å². The minimum absolute atomic E-state index is 0.0388. The largest absolute Gasteiger partial charge is 0.478 e. The van der Waals surface area contributed by atoms with Crippen LogP contribution in [-0.4, -0.2) is 41.3 Å². The van der Waals surface area contributed by atoms with Gasteiger partial charge in [-0.1, -0.05) is 11.6 Å². The smallest absolute Gasteiger partial charge is 0.406 e. The average Bonchev–Trinajstić information content (AvgIpc) is 2.36. The maximum atomic E-state index is 12.3. The molecule has 0 aliphatic rings. The van der Waals surface area contributed by atoms with Gasteiger partial charge >= 0.3 is 18.2 Å². The minimum atomic E-state index is -4.51. The van der Waals surface area contributed by atoms with Crippen LogP contribution in [0.3, 0.4) is 0 Å². The van der Waals surface area contributed by atoms with Crippen molar-refractivity contribution in [2.45, 2.75) is 13.1 Å². The number of hydrogen-bond acceptors (Lipinski definition) is 2. The van der Waals surface area contributed by atoms with Gasteiger partial charge in [-0.05, 0) is 25.1 Å². The van der Waals surface area contributed by atoms with Gasteiger partial charge in [-0.2, -0.15) is 13.2 Å². The van der Waals surface area contributed by atoms with Crippen LogP contribution in [0, 0.1) is 0 Å². The van der Waals surface area contributed by atoms with Crippen LogP contribution in [0.15, 0.2) is 18.2 Å². The molecule has 0 heterocycles. The molecule has 2 amide bonds. The van der Waals surface area contributed by atoms with Crippen molar-refractivity contribution in [1.82, 2.24) is 4.90 Å². The Morgan fingerprint density at radius 1 is 1.38 bits per heavy atom. The number of aromatic carboxylic acids is 1. The van der Waals surface area contributed by atoms with E-state index in [1.807, 2.05) is 0 Å². The summed E-state index contributed by atoms with van der Waals surface area (Å²) in [4.78, 5) is 23.2. The molecule has 0 aliphatic carbocycles. The highest BCUT2D eigenvalue weighted by atomic mass is 35.5. The first-order valence-electron chi connectivity index (χ1n) is 5.79. The molecular formula is C12H12ClF3N2O3. The number of nitrogens with one attached hydrogen (secondary N) is 1. The number of alkyl halides is 3. The van der Waals surface area contributed by atoms with Gasteiger partial charge in [0.25, 0.3) is 0 Å². The Hall–Kier alpha value is -1.96. The molecule has 1 aromatic rings. The quantitative estimate of drug-likeness (QED) is 0.891. The Bertz CT molecular complexity index is 549. The van der Waals surface area contributed by atoms with Crippen molar-refractivity contribution in [3.05, 3.63) is 28.8 Å². The van der Waals surface area contributed by atoms with Crippen LogP contribution in [0.25, 0.3) is 0 Å². The highest BCUT2D eigenvalue weighted by Crippen LogP contribution is 2.21. The first-order valence-corrected chi connectivity index (χ1v) is 6.17. The fourth-order valence-electron chi connectivity index (χ4n) is 1.51. The highest BCUT2D eigenvalue weighted by molar-refractivity contribution is 6.33. The molecule has 0 saturated carbocycles. The summed E-state index contributed by atoms with van der Waals surface area (Å²) >= 11 is 5.65. The lowest BCUT2D eigenvalue weighted by Crippen LogP contribution is -2.41. The van der Waals surface area contributed by atoms with Gasteiger partial charge in [0.15, 0.2) is 0 Å². The number of carboxylic acid groups (broad SMARTS) is 1. The zero-order valence-electron chi connectivity index (χ0n) is 10.9. The van der Waals surface area contributed by atoms with Crippen molar-refractivity contribution >= 4 is 29.3 Å². The van der Waals surface area contributed by atoms with E-state index in [-0.39, 0.29) is 22.8 Å². The number of rotatable bonds is 4. The van der Waals surface area contributed by atoms with Crippen molar-refractivity contribution in [1.29, 1.82) is 0 Å². The predicted octanol–water partition coefficient (Wildman–Crippen LogP) is 3.45. The molecule has 0 bridgehead atoms. The monoisotopic (exact) mass is 324 g/mol. The molecule has 0 saturated heterocycles. The number of nitrogens with zero attached hydrogens (tertiary/aromatic N) is 1. The van der Waals surface area contributed by atoms with Crippen LogP contribution < -0.4 is 5.32 Å². The van der Waals surface area contributed by atoms with Crippen molar-refractivity contribution in [2.24, 2.45) is 0 Å². The van der Waals surface area contributed by atoms with E-state index in [9.17, 15) is 22.8 Å². The standard InChI is InChI=1S/C12H12ClF3N2O3/c1-2-18(6-12(14,15)16)11(21)17-7-3-4-9(13)8(5-7)10(19)20/h3-5H,2,6H2,1H3,(H,17,21)(H,19,20). The van der Waals surface area contributed by atoms with Gasteiger partial charge in [0, 0.05) is 12.2 Å². The predicted molar refractivity (Wildman–Crippen MR) is 70.7 cm³/mol. The fourth-order valence-corrected chi connectivity index (χ4v) is 1.71. The highest BCUT2D eigenvalue weighted by Gasteiger charge is 2.32. The fraction of sp³-hybridized carbons (Fsp3) is 0.333. The minimum Gasteiger partial charge on any atom is -0.478 e. The summed E-state index contributed by atoms with van der Waals surface area (Å²) in [6.45, 7) is -0.144. The molecule has 1 rings (SSSR count). The molecular weight excluding hydrogens is 313 g/mol. The summed E-state index contributed by atoms with van der Waals surface area (Å²) in [6, 6.07) is 2.63. The van der Waals surface area contributed by atoms with E-state index in [1.54, 1.807) is 0 Å². The van der Waals surface area contributed by atoms with Crippen molar-refractivity contribution in [3.8, 4) is 0 Å². The van der Waals surface area contributed by atoms with Gasteiger partial charge in [-0.15, -0.1) is 0 Å². The molecule has 0 unspecified atom stereocenters. The Kier molecular flexibility index (Phi) is 5.42. The zero-order chi connectivity index (χ0) is 16.2. The second-order valence-electron chi connectivity index (χ2n) is 4.06. The zero-order valence-corrected chi connectivity index (χ0v) is 11.6. The SMILES string of the molecule is CCN(CC(F)(F)F)C(=O)Nc1ccc(Cl)c(C(=O)O)c1. The van der Waals surface area contributed by atoms with Crippen molar-refractivity contribution in [2.75, 3.05) is 18.4 Å². The third-order valence-electron chi connectivity index (χ3n) is 2.49. The molecule has 0 aliphatic heterocycles. The lowest BCUT2D eigenvalue weighted by Gasteiger charge is -2.22.